The first-order chi connectivity index (χ1) is 14.7. The molecule has 3 aromatic carbocycles. The molecular formula is C24H18ClN3O2. The van der Waals surface area contributed by atoms with E-state index in [0.29, 0.717) is 22.0 Å². The molecule has 0 saturated carbocycles. The predicted octanol–water partition coefficient (Wildman–Crippen LogP) is 5.33. The number of ether oxygens (including phenoxy) is 1. The SMILES string of the molecule is COc1ccccc1/C=N/NC(=O)c1cc(-c2ccc(Cl)cc2)nc2ccccc12. The van der Waals surface area contributed by atoms with Gasteiger partial charge in [-0.1, -0.05) is 54.1 Å². The summed E-state index contributed by atoms with van der Waals surface area (Å²) in [4.78, 5) is 17.6. The minimum atomic E-state index is -0.324. The third-order valence-electron chi connectivity index (χ3n) is 4.61. The first-order valence-electron chi connectivity index (χ1n) is 9.28. The van der Waals surface area contributed by atoms with Crippen LogP contribution in [0.1, 0.15) is 15.9 Å². The number of halogens is 1. The molecule has 1 heterocycles. The topological polar surface area (TPSA) is 63.6 Å². The summed E-state index contributed by atoms with van der Waals surface area (Å²) in [5.74, 6) is 0.352. The highest BCUT2D eigenvalue weighted by Gasteiger charge is 2.13. The van der Waals surface area contributed by atoms with E-state index in [1.807, 2.05) is 60.7 Å². The highest BCUT2D eigenvalue weighted by Crippen LogP contribution is 2.26. The van der Waals surface area contributed by atoms with Crippen molar-refractivity contribution in [1.29, 1.82) is 0 Å². The van der Waals surface area contributed by atoms with Crippen molar-refractivity contribution in [2.45, 2.75) is 0 Å². The molecule has 0 saturated heterocycles. The largest absolute Gasteiger partial charge is 0.496 e. The van der Waals surface area contributed by atoms with Crippen molar-refractivity contribution in [3.63, 3.8) is 0 Å². The number of methoxy groups -OCH3 is 1. The van der Waals surface area contributed by atoms with Gasteiger partial charge in [-0.3, -0.25) is 4.79 Å². The summed E-state index contributed by atoms with van der Waals surface area (Å²) in [5, 5.41) is 5.50. The molecule has 4 aromatic rings. The Balaban J connectivity index is 1.67. The molecule has 1 N–H and O–H groups in total. The Labute approximate surface area is 179 Å². The maximum absolute atomic E-state index is 12.9. The van der Waals surface area contributed by atoms with Gasteiger partial charge in [0.1, 0.15) is 5.75 Å². The van der Waals surface area contributed by atoms with E-state index in [9.17, 15) is 4.79 Å². The molecule has 5 nitrogen and oxygen atoms in total. The van der Waals surface area contributed by atoms with Crippen molar-refractivity contribution in [3.05, 3.63) is 95.0 Å². The first kappa shape index (κ1) is 19.6. The maximum atomic E-state index is 12.9. The van der Waals surface area contributed by atoms with Crippen LogP contribution in [0.2, 0.25) is 5.02 Å². The van der Waals surface area contributed by atoms with Gasteiger partial charge in [0.15, 0.2) is 0 Å². The number of carbonyl (C=O) groups is 1. The van der Waals surface area contributed by atoms with Crippen LogP contribution >= 0.6 is 11.6 Å². The molecule has 0 bridgehead atoms. The Bertz CT molecular complexity index is 1240. The van der Waals surface area contributed by atoms with Crippen molar-refractivity contribution in [2.75, 3.05) is 7.11 Å². The number of benzene rings is 3. The summed E-state index contributed by atoms with van der Waals surface area (Å²) >= 11 is 6.00. The number of nitrogens with zero attached hydrogens (tertiary/aromatic N) is 2. The molecule has 0 radical (unpaired) electrons. The fourth-order valence-corrected chi connectivity index (χ4v) is 3.25. The normalized spacial score (nSPS) is 11.0. The molecule has 6 heteroatoms. The number of fused-ring (bicyclic) bond motifs is 1. The van der Waals surface area contributed by atoms with Gasteiger partial charge in [-0.05, 0) is 36.4 Å². The fourth-order valence-electron chi connectivity index (χ4n) is 3.13. The van der Waals surface area contributed by atoms with Gasteiger partial charge in [0, 0.05) is 21.5 Å². The van der Waals surface area contributed by atoms with Crippen LogP contribution in [-0.4, -0.2) is 24.2 Å². The Morgan fingerprint density at radius 1 is 1.03 bits per heavy atom. The average molecular weight is 416 g/mol. The zero-order chi connectivity index (χ0) is 20.9. The summed E-state index contributed by atoms with van der Waals surface area (Å²) in [6.07, 6.45) is 1.56. The molecule has 0 unspecified atom stereocenters. The van der Waals surface area contributed by atoms with Gasteiger partial charge in [0.25, 0.3) is 5.91 Å². The molecule has 0 atom stereocenters. The lowest BCUT2D eigenvalue weighted by molar-refractivity contribution is 0.0956. The van der Waals surface area contributed by atoms with Crippen molar-refractivity contribution in [1.82, 2.24) is 10.4 Å². The van der Waals surface area contributed by atoms with Crippen LogP contribution in [0, 0.1) is 0 Å². The van der Waals surface area contributed by atoms with E-state index < -0.39 is 0 Å². The lowest BCUT2D eigenvalue weighted by atomic mass is 10.0. The second kappa shape index (κ2) is 8.76. The van der Waals surface area contributed by atoms with Crippen LogP contribution in [0.15, 0.2) is 84.0 Å². The van der Waals surface area contributed by atoms with Crippen LogP contribution in [0.5, 0.6) is 5.75 Å². The third kappa shape index (κ3) is 4.16. The second-order valence-electron chi connectivity index (χ2n) is 6.52. The van der Waals surface area contributed by atoms with Gasteiger partial charge in [-0.25, -0.2) is 10.4 Å². The van der Waals surface area contributed by atoms with Gasteiger partial charge in [0.2, 0.25) is 0 Å². The van der Waals surface area contributed by atoms with Crippen LogP contribution < -0.4 is 10.2 Å². The van der Waals surface area contributed by atoms with Crippen LogP contribution in [0.4, 0.5) is 0 Å². The van der Waals surface area contributed by atoms with Crippen molar-refractivity contribution in [2.24, 2.45) is 5.10 Å². The predicted molar refractivity (Wildman–Crippen MR) is 120 cm³/mol. The first-order valence-corrected chi connectivity index (χ1v) is 9.65. The van der Waals surface area contributed by atoms with E-state index in [-0.39, 0.29) is 5.91 Å². The van der Waals surface area contributed by atoms with Gasteiger partial charge in [-0.15, -0.1) is 0 Å². The monoisotopic (exact) mass is 415 g/mol. The number of rotatable bonds is 5. The van der Waals surface area contributed by atoms with Gasteiger partial charge < -0.3 is 4.74 Å². The van der Waals surface area contributed by atoms with Crippen molar-refractivity contribution < 1.29 is 9.53 Å². The lowest BCUT2D eigenvalue weighted by Crippen LogP contribution is -2.18. The molecule has 1 aromatic heterocycles. The molecule has 0 aliphatic heterocycles. The van der Waals surface area contributed by atoms with Crippen LogP contribution in [0.3, 0.4) is 0 Å². The number of amides is 1. The molecule has 0 aliphatic carbocycles. The summed E-state index contributed by atoms with van der Waals surface area (Å²) < 4.78 is 5.30. The highest BCUT2D eigenvalue weighted by atomic mass is 35.5. The van der Waals surface area contributed by atoms with Crippen LogP contribution in [0.25, 0.3) is 22.2 Å². The maximum Gasteiger partial charge on any atom is 0.272 e. The second-order valence-corrected chi connectivity index (χ2v) is 6.96. The molecule has 0 aliphatic rings. The van der Waals surface area contributed by atoms with E-state index in [1.54, 1.807) is 31.5 Å². The van der Waals surface area contributed by atoms with Crippen molar-refractivity contribution >= 4 is 34.6 Å². The number of nitrogens with one attached hydrogen (secondary N) is 1. The smallest absolute Gasteiger partial charge is 0.272 e. The number of pyridine rings is 1. The molecule has 0 spiro atoms. The molecule has 4 rings (SSSR count). The van der Waals surface area contributed by atoms with Gasteiger partial charge in [0.05, 0.1) is 30.1 Å². The Kier molecular flexibility index (Phi) is 5.72. The van der Waals surface area contributed by atoms with E-state index in [4.69, 9.17) is 21.3 Å². The van der Waals surface area contributed by atoms with E-state index in [2.05, 4.69) is 10.5 Å². The summed E-state index contributed by atoms with van der Waals surface area (Å²) in [5.41, 5.74) is 6.14. The fraction of sp³-hybridized carbons (Fsp3) is 0.0417. The quantitative estimate of drug-likeness (QED) is 0.354. The van der Waals surface area contributed by atoms with Gasteiger partial charge in [-0.2, -0.15) is 5.10 Å². The summed E-state index contributed by atoms with van der Waals surface area (Å²) in [7, 11) is 1.59. The number of hydrogen-bond acceptors (Lipinski definition) is 4. The highest BCUT2D eigenvalue weighted by molar-refractivity contribution is 6.30. The zero-order valence-electron chi connectivity index (χ0n) is 16.2. The summed E-state index contributed by atoms with van der Waals surface area (Å²) in [6.45, 7) is 0. The van der Waals surface area contributed by atoms with E-state index >= 15 is 0 Å². The van der Waals surface area contributed by atoms with Crippen molar-refractivity contribution in [3.8, 4) is 17.0 Å². The summed E-state index contributed by atoms with van der Waals surface area (Å²) in [6, 6.07) is 24.1. The Hall–Kier alpha value is -3.70. The number of para-hydroxylation sites is 2. The molecular weight excluding hydrogens is 398 g/mol. The van der Waals surface area contributed by atoms with E-state index in [1.165, 1.54) is 0 Å². The number of hydrogen-bond donors (Lipinski definition) is 1. The standard InChI is InChI=1S/C24H18ClN3O2/c1-30-23-9-5-2-6-17(23)15-26-28-24(29)20-14-22(16-10-12-18(25)13-11-16)27-21-8-4-3-7-19(20)21/h2-15H,1H3,(H,28,29)/b26-15+. The minimum Gasteiger partial charge on any atom is -0.496 e. The third-order valence-corrected chi connectivity index (χ3v) is 4.86. The number of carbonyl (C=O) groups excluding carboxylic acids is 1. The molecule has 30 heavy (non-hydrogen) atoms. The molecule has 0 fully saturated rings. The lowest BCUT2D eigenvalue weighted by Gasteiger charge is -2.09. The Morgan fingerprint density at radius 3 is 2.57 bits per heavy atom. The van der Waals surface area contributed by atoms with Crippen LogP contribution in [-0.2, 0) is 0 Å². The molecule has 148 valence electrons. The van der Waals surface area contributed by atoms with Gasteiger partial charge >= 0.3 is 0 Å². The average Bonchev–Trinajstić information content (AvgIpc) is 2.79. The minimum absolute atomic E-state index is 0.324. The zero-order valence-corrected chi connectivity index (χ0v) is 16.9. The number of aromatic nitrogens is 1. The number of hydrazone groups is 1. The molecule has 1 amide bonds. The van der Waals surface area contributed by atoms with E-state index in [0.717, 1.165) is 22.0 Å². The Morgan fingerprint density at radius 2 is 1.77 bits per heavy atom.